The monoisotopic (exact) mass is 188 g/mol. The van der Waals surface area contributed by atoms with E-state index in [-0.39, 0.29) is 0 Å². The number of nitrogens with zero attached hydrogens (tertiary/aromatic N) is 3. The molecule has 0 amide bonds. The van der Waals surface area contributed by atoms with Gasteiger partial charge < -0.3 is 5.32 Å². The first-order valence-electron chi connectivity index (χ1n) is 4.94. The molecule has 0 saturated carbocycles. The van der Waals surface area contributed by atoms with Gasteiger partial charge in [0.2, 0.25) is 0 Å². The topological polar surface area (TPSA) is 42.2 Å². The lowest BCUT2D eigenvalue weighted by atomic mass is 10.1. The van der Waals surface area contributed by atoms with Crippen molar-refractivity contribution in [3.05, 3.63) is 30.2 Å². The second kappa shape index (κ2) is 3.06. The standard InChI is InChI=1S/C10H12N4/c1-2-10-12-7-9(14(10)13-4-1)8-3-5-11-6-8/h1-2,4,7-8,11H,3,5-6H2. The number of hydrogen-bond acceptors (Lipinski definition) is 3. The summed E-state index contributed by atoms with van der Waals surface area (Å²) in [6.07, 6.45) is 4.94. The molecule has 72 valence electrons. The van der Waals surface area contributed by atoms with E-state index in [9.17, 15) is 0 Å². The maximum Gasteiger partial charge on any atom is 0.153 e. The highest BCUT2D eigenvalue weighted by molar-refractivity contribution is 5.38. The van der Waals surface area contributed by atoms with Gasteiger partial charge in [0.15, 0.2) is 5.65 Å². The Morgan fingerprint density at radius 2 is 2.50 bits per heavy atom. The third kappa shape index (κ3) is 1.11. The highest BCUT2D eigenvalue weighted by Crippen LogP contribution is 2.21. The quantitative estimate of drug-likeness (QED) is 0.720. The predicted molar refractivity (Wildman–Crippen MR) is 53.2 cm³/mol. The molecule has 3 rings (SSSR count). The summed E-state index contributed by atoms with van der Waals surface area (Å²) in [6.45, 7) is 2.15. The summed E-state index contributed by atoms with van der Waals surface area (Å²) in [4.78, 5) is 4.34. The van der Waals surface area contributed by atoms with E-state index in [1.807, 2.05) is 22.8 Å². The molecule has 1 aliphatic heterocycles. The zero-order chi connectivity index (χ0) is 9.38. The van der Waals surface area contributed by atoms with Gasteiger partial charge in [-0.05, 0) is 25.1 Å². The van der Waals surface area contributed by atoms with Crippen molar-refractivity contribution < 1.29 is 0 Å². The van der Waals surface area contributed by atoms with Crippen molar-refractivity contribution in [2.45, 2.75) is 12.3 Å². The molecule has 1 N–H and O–H groups in total. The van der Waals surface area contributed by atoms with E-state index in [0.29, 0.717) is 5.92 Å². The molecule has 3 heterocycles. The summed E-state index contributed by atoms with van der Waals surface area (Å²) < 4.78 is 1.94. The van der Waals surface area contributed by atoms with E-state index in [2.05, 4.69) is 15.4 Å². The largest absolute Gasteiger partial charge is 0.316 e. The van der Waals surface area contributed by atoms with Crippen LogP contribution in [0.2, 0.25) is 0 Å². The Morgan fingerprint density at radius 1 is 1.50 bits per heavy atom. The number of imidazole rings is 1. The number of rotatable bonds is 1. The Bertz CT molecular complexity index is 442. The van der Waals surface area contributed by atoms with Crippen LogP contribution < -0.4 is 5.32 Å². The van der Waals surface area contributed by atoms with Crippen LogP contribution in [0.1, 0.15) is 18.0 Å². The summed E-state index contributed by atoms with van der Waals surface area (Å²) in [6, 6.07) is 3.90. The van der Waals surface area contributed by atoms with Gasteiger partial charge in [0.25, 0.3) is 0 Å². The lowest BCUT2D eigenvalue weighted by Crippen LogP contribution is -2.09. The lowest BCUT2D eigenvalue weighted by molar-refractivity contribution is 0.698. The second-order valence-electron chi connectivity index (χ2n) is 3.67. The van der Waals surface area contributed by atoms with Gasteiger partial charge in [-0.2, -0.15) is 5.10 Å². The zero-order valence-corrected chi connectivity index (χ0v) is 7.85. The van der Waals surface area contributed by atoms with Crippen molar-refractivity contribution in [1.82, 2.24) is 19.9 Å². The van der Waals surface area contributed by atoms with Gasteiger partial charge in [-0.25, -0.2) is 9.50 Å². The van der Waals surface area contributed by atoms with Crippen molar-refractivity contribution in [2.75, 3.05) is 13.1 Å². The van der Waals surface area contributed by atoms with Crippen LogP contribution in [-0.2, 0) is 0 Å². The van der Waals surface area contributed by atoms with Gasteiger partial charge in [0, 0.05) is 18.7 Å². The van der Waals surface area contributed by atoms with Crippen molar-refractivity contribution in [2.24, 2.45) is 0 Å². The Kier molecular flexibility index (Phi) is 1.73. The minimum Gasteiger partial charge on any atom is -0.316 e. The fraction of sp³-hybridized carbons (Fsp3) is 0.400. The first-order chi connectivity index (χ1) is 6.95. The van der Waals surface area contributed by atoms with Crippen molar-refractivity contribution in [3.8, 4) is 0 Å². The summed E-state index contributed by atoms with van der Waals surface area (Å²) in [5, 5.41) is 7.67. The molecule has 14 heavy (non-hydrogen) atoms. The van der Waals surface area contributed by atoms with Crippen LogP contribution >= 0.6 is 0 Å². The molecule has 1 atom stereocenters. The summed E-state index contributed by atoms with van der Waals surface area (Å²) in [7, 11) is 0. The first kappa shape index (κ1) is 7.94. The SMILES string of the molecule is c1cnn2c(C3CCNC3)cnc2c1. The molecule has 0 radical (unpaired) electrons. The molecule has 0 aromatic carbocycles. The third-order valence-corrected chi connectivity index (χ3v) is 2.78. The molecule has 1 unspecified atom stereocenters. The van der Waals surface area contributed by atoms with Crippen molar-refractivity contribution >= 4 is 5.65 Å². The maximum absolute atomic E-state index is 4.34. The summed E-state index contributed by atoms with van der Waals surface area (Å²) in [5.41, 5.74) is 2.17. The van der Waals surface area contributed by atoms with E-state index < -0.39 is 0 Å². The number of hydrogen-bond donors (Lipinski definition) is 1. The molecule has 2 aromatic heterocycles. The van der Waals surface area contributed by atoms with Crippen LogP contribution in [0.4, 0.5) is 0 Å². The van der Waals surface area contributed by atoms with Crippen LogP contribution in [0.15, 0.2) is 24.5 Å². The molecule has 4 heteroatoms. The fourth-order valence-corrected chi connectivity index (χ4v) is 2.03. The molecular weight excluding hydrogens is 176 g/mol. The number of nitrogens with one attached hydrogen (secondary N) is 1. The second-order valence-corrected chi connectivity index (χ2v) is 3.67. The van der Waals surface area contributed by atoms with Gasteiger partial charge in [-0.3, -0.25) is 0 Å². The third-order valence-electron chi connectivity index (χ3n) is 2.78. The maximum atomic E-state index is 4.34. The molecule has 0 bridgehead atoms. The van der Waals surface area contributed by atoms with Crippen molar-refractivity contribution in [1.29, 1.82) is 0 Å². The van der Waals surface area contributed by atoms with Crippen molar-refractivity contribution in [3.63, 3.8) is 0 Å². The van der Waals surface area contributed by atoms with Gasteiger partial charge in [0.05, 0.1) is 11.9 Å². The normalized spacial score (nSPS) is 21.9. The average molecular weight is 188 g/mol. The van der Waals surface area contributed by atoms with Gasteiger partial charge >= 0.3 is 0 Å². The van der Waals surface area contributed by atoms with Crippen LogP contribution in [-0.4, -0.2) is 27.7 Å². The van der Waals surface area contributed by atoms with Crippen LogP contribution in [0.5, 0.6) is 0 Å². The van der Waals surface area contributed by atoms with E-state index >= 15 is 0 Å². The van der Waals surface area contributed by atoms with Crippen LogP contribution in [0, 0.1) is 0 Å². The lowest BCUT2D eigenvalue weighted by Gasteiger charge is -2.05. The zero-order valence-electron chi connectivity index (χ0n) is 7.85. The first-order valence-corrected chi connectivity index (χ1v) is 4.94. The molecule has 1 fully saturated rings. The molecule has 4 nitrogen and oxygen atoms in total. The fourth-order valence-electron chi connectivity index (χ4n) is 2.03. The molecule has 1 saturated heterocycles. The van der Waals surface area contributed by atoms with E-state index in [0.717, 1.165) is 18.7 Å². The highest BCUT2D eigenvalue weighted by Gasteiger charge is 2.20. The van der Waals surface area contributed by atoms with Crippen LogP contribution in [0.3, 0.4) is 0 Å². The van der Waals surface area contributed by atoms with Crippen LogP contribution in [0.25, 0.3) is 5.65 Å². The van der Waals surface area contributed by atoms with Gasteiger partial charge in [-0.1, -0.05) is 0 Å². The molecule has 0 aliphatic carbocycles. The Hall–Kier alpha value is -1.42. The smallest absolute Gasteiger partial charge is 0.153 e. The van der Waals surface area contributed by atoms with Gasteiger partial charge in [0.1, 0.15) is 0 Å². The average Bonchev–Trinajstić information content (AvgIpc) is 2.85. The minimum atomic E-state index is 0.569. The Morgan fingerprint density at radius 3 is 3.36 bits per heavy atom. The Labute approximate surface area is 82.0 Å². The number of fused-ring (bicyclic) bond motifs is 1. The van der Waals surface area contributed by atoms with E-state index in [1.165, 1.54) is 12.1 Å². The Balaban J connectivity index is 2.11. The van der Waals surface area contributed by atoms with E-state index in [1.54, 1.807) is 6.20 Å². The minimum absolute atomic E-state index is 0.569. The number of aromatic nitrogens is 3. The molecule has 1 aliphatic rings. The highest BCUT2D eigenvalue weighted by atomic mass is 15.3. The summed E-state index contributed by atoms with van der Waals surface area (Å²) in [5.74, 6) is 0.569. The molecular formula is C10H12N4. The molecule has 2 aromatic rings. The van der Waals surface area contributed by atoms with Gasteiger partial charge in [-0.15, -0.1) is 0 Å². The summed E-state index contributed by atoms with van der Waals surface area (Å²) >= 11 is 0. The van der Waals surface area contributed by atoms with E-state index in [4.69, 9.17) is 0 Å². The predicted octanol–water partition coefficient (Wildman–Crippen LogP) is 0.806. The molecule has 0 spiro atoms.